The van der Waals surface area contributed by atoms with Crippen molar-refractivity contribution in [2.45, 2.75) is 44.9 Å². The van der Waals surface area contributed by atoms with Gasteiger partial charge in [-0.2, -0.15) is 0 Å². The van der Waals surface area contributed by atoms with Crippen LogP contribution in [0, 0.1) is 5.92 Å². The molecule has 0 radical (unpaired) electrons. The highest BCUT2D eigenvalue weighted by Crippen LogP contribution is 2.31. The van der Waals surface area contributed by atoms with Crippen molar-refractivity contribution in [2.75, 3.05) is 51.1 Å². The van der Waals surface area contributed by atoms with Crippen LogP contribution in [0.2, 0.25) is 0 Å². The largest absolute Gasteiger partial charge is 0.376 e. The molecule has 2 fully saturated rings. The number of rotatable bonds is 7. The Labute approximate surface area is 162 Å². The average molecular weight is 377 g/mol. The summed E-state index contributed by atoms with van der Waals surface area (Å²) in [5.74, 6) is 0.883. The smallest absolute Gasteiger partial charge is 0.228 e. The zero-order chi connectivity index (χ0) is 19.6. The molecule has 1 N–H and O–H groups in total. The number of pyridine rings is 1. The second kappa shape index (κ2) is 8.12. The zero-order valence-corrected chi connectivity index (χ0v) is 17.1. The Morgan fingerprint density at radius 2 is 2.15 bits per heavy atom. The lowest BCUT2D eigenvalue weighted by Gasteiger charge is -2.41. The van der Waals surface area contributed by atoms with Gasteiger partial charge in [-0.3, -0.25) is 4.79 Å². The molecule has 1 aromatic heterocycles. The van der Waals surface area contributed by atoms with Gasteiger partial charge in [-0.05, 0) is 52.9 Å². The molecule has 1 atom stereocenters. The van der Waals surface area contributed by atoms with Crippen LogP contribution in [0.15, 0.2) is 12.1 Å². The van der Waals surface area contributed by atoms with Gasteiger partial charge in [0.05, 0.1) is 23.6 Å². The van der Waals surface area contributed by atoms with E-state index in [1.54, 1.807) is 7.11 Å². The van der Waals surface area contributed by atoms with Crippen molar-refractivity contribution in [1.29, 1.82) is 0 Å². The summed E-state index contributed by atoms with van der Waals surface area (Å²) in [6, 6.07) is 3.97. The molecule has 0 aromatic carbocycles. The number of carbonyl (C=O) groups is 1. The topological polar surface area (TPSA) is 66.9 Å². The van der Waals surface area contributed by atoms with Crippen LogP contribution >= 0.6 is 0 Å². The van der Waals surface area contributed by atoms with Gasteiger partial charge in [0.15, 0.2) is 0 Å². The van der Waals surface area contributed by atoms with Gasteiger partial charge in [-0.25, -0.2) is 4.98 Å². The van der Waals surface area contributed by atoms with Crippen molar-refractivity contribution in [3.63, 3.8) is 0 Å². The Bertz CT molecular complexity index is 673. The minimum atomic E-state index is -0.355. The first-order chi connectivity index (χ1) is 12.8. The monoisotopic (exact) mass is 376 g/mol. The third kappa shape index (κ3) is 4.97. The van der Waals surface area contributed by atoms with Crippen molar-refractivity contribution in [3.8, 4) is 0 Å². The first kappa shape index (κ1) is 20.0. The molecule has 2 heterocycles. The van der Waals surface area contributed by atoms with Gasteiger partial charge in [0.25, 0.3) is 0 Å². The van der Waals surface area contributed by atoms with Crippen molar-refractivity contribution in [2.24, 2.45) is 5.92 Å². The average Bonchev–Trinajstić information content (AvgIpc) is 3.47. The van der Waals surface area contributed by atoms with Crippen LogP contribution < -0.4 is 10.2 Å². The summed E-state index contributed by atoms with van der Waals surface area (Å²) in [5.41, 5.74) is 1.70. The Morgan fingerprint density at radius 1 is 1.41 bits per heavy atom. The number of nitrogens with one attached hydrogen (secondary N) is 1. The maximum absolute atomic E-state index is 12.1. The standard InChI is InChI=1S/C20H32N4O3/c1-20(2,26-5)17-13-24(10-11-27-17)16-8-9-18(21-15(16)12-23(3)4)22-19(25)14-6-7-14/h8-9,14,17H,6-7,10-13H2,1-5H3,(H,21,22,25). The molecule has 1 aliphatic carbocycles. The number of ether oxygens (including phenoxy) is 2. The van der Waals surface area contributed by atoms with E-state index < -0.39 is 0 Å². The first-order valence-corrected chi connectivity index (χ1v) is 9.67. The van der Waals surface area contributed by atoms with E-state index in [1.807, 2.05) is 20.2 Å². The molecule has 1 aromatic rings. The molecular weight excluding hydrogens is 344 g/mol. The maximum Gasteiger partial charge on any atom is 0.228 e. The number of aromatic nitrogens is 1. The highest BCUT2D eigenvalue weighted by Gasteiger charge is 2.35. The second-order valence-corrected chi connectivity index (χ2v) is 8.28. The number of carbonyl (C=O) groups excluding carboxylic acids is 1. The van der Waals surface area contributed by atoms with E-state index >= 15 is 0 Å². The fourth-order valence-corrected chi connectivity index (χ4v) is 3.26. The van der Waals surface area contributed by atoms with E-state index in [1.165, 1.54) is 0 Å². The molecular formula is C20H32N4O3. The number of nitrogens with zero attached hydrogens (tertiary/aromatic N) is 3. The number of anilines is 2. The Hall–Kier alpha value is -1.70. The van der Waals surface area contributed by atoms with Gasteiger partial charge in [0.1, 0.15) is 11.9 Å². The Balaban J connectivity index is 1.81. The molecule has 1 saturated carbocycles. The second-order valence-electron chi connectivity index (χ2n) is 8.28. The lowest BCUT2D eigenvalue weighted by molar-refractivity contribution is -0.117. The van der Waals surface area contributed by atoms with E-state index in [9.17, 15) is 4.79 Å². The molecule has 27 heavy (non-hydrogen) atoms. The molecule has 1 saturated heterocycles. The van der Waals surface area contributed by atoms with Crippen LogP contribution in [-0.2, 0) is 20.8 Å². The van der Waals surface area contributed by atoms with Crippen LogP contribution in [0.1, 0.15) is 32.4 Å². The van der Waals surface area contributed by atoms with Crippen LogP contribution in [0.4, 0.5) is 11.5 Å². The fourth-order valence-electron chi connectivity index (χ4n) is 3.26. The summed E-state index contributed by atoms with van der Waals surface area (Å²) in [6.45, 7) is 7.02. The summed E-state index contributed by atoms with van der Waals surface area (Å²) in [6.07, 6.45) is 1.95. The van der Waals surface area contributed by atoms with E-state index in [0.29, 0.717) is 19.0 Å². The number of hydrogen-bond donors (Lipinski definition) is 1. The van der Waals surface area contributed by atoms with E-state index in [0.717, 1.165) is 37.3 Å². The Morgan fingerprint density at radius 3 is 2.78 bits per heavy atom. The number of hydrogen-bond acceptors (Lipinski definition) is 6. The molecule has 0 bridgehead atoms. The molecule has 1 unspecified atom stereocenters. The summed E-state index contributed by atoms with van der Waals surface area (Å²) in [4.78, 5) is 21.2. The summed E-state index contributed by atoms with van der Waals surface area (Å²) in [7, 11) is 5.77. The van der Waals surface area contributed by atoms with Gasteiger partial charge in [0.2, 0.25) is 5.91 Å². The third-order valence-electron chi connectivity index (χ3n) is 5.32. The number of methoxy groups -OCH3 is 1. The first-order valence-electron chi connectivity index (χ1n) is 9.67. The van der Waals surface area contributed by atoms with Gasteiger partial charge < -0.3 is 24.6 Å². The van der Waals surface area contributed by atoms with E-state index in [2.05, 4.69) is 35.0 Å². The maximum atomic E-state index is 12.1. The van der Waals surface area contributed by atoms with Crippen LogP contribution in [-0.4, -0.2) is 68.4 Å². The molecule has 0 spiro atoms. The van der Waals surface area contributed by atoms with Crippen molar-refractivity contribution < 1.29 is 14.3 Å². The molecule has 1 aliphatic heterocycles. The summed E-state index contributed by atoms with van der Waals surface area (Å²) in [5, 5.41) is 2.96. The van der Waals surface area contributed by atoms with Crippen LogP contribution in [0.25, 0.3) is 0 Å². The van der Waals surface area contributed by atoms with Crippen molar-refractivity contribution in [1.82, 2.24) is 9.88 Å². The van der Waals surface area contributed by atoms with Crippen molar-refractivity contribution >= 4 is 17.4 Å². The highest BCUT2D eigenvalue weighted by molar-refractivity contribution is 5.93. The van der Waals surface area contributed by atoms with Crippen LogP contribution in [0.3, 0.4) is 0 Å². The van der Waals surface area contributed by atoms with Gasteiger partial charge >= 0.3 is 0 Å². The van der Waals surface area contributed by atoms with Gasteiger partial charge in [-0.1, -0.05) is 0 Å². The molecule has 3 rings (SSSR count). The van der Waals surface area contributed by atoms with E-state index in [-0.39, 0.29) is 23.5 Å². The highest BCUT2D eigenvalue weighted by atomic mass is 16.5. The summed E-state index contributed by atoms with van der Waals surface area (Å²) < 4.78 is 11.6. The minimum Gasteiger partial charge on any atom is -0.376 e. The molecule has 7 heteroatoms. The molecule has 7 nitrogen and oxygen atoms in total. The number of amides is 1. The molecule has 1 amide bonds. The Kier molecular flexibility index (Phi) is 6.03. The summed E-state index contributed by atoms with van der Waals surface area (Å²) >= 11 is 0. The predicted molar refractivity (Wildman–Crippen MR) is 106 cm³/mol. The lowest BCUT2D eigenvalue weighted by Crippen LogP contribution is -2.53. The van der Waals surface area contributed by atoms with E-state index in [4.69, 9.17) is 14.5 Å². The minimum absolute atomic E-state index is 0.0160. The number of morpholine rings is 1. The SMILES string of the molecule is COC(C)(C)C1CN(c2ccc(NC(=O)C3CC3)nc2CN(C)C)CCO1. The quantitative estimate of drug-likeness (QED) is 0.786. The normalized spacial score (nSPS) is 20.8. The third-order valence-corrected chi connectivity index (χ3v) is 5.32. The molecule has 150 valence electrons. The molecule has 2 aliphatic rings. The predicted octanol–water partition coefficient (Wildman–Crippen LogP) is 2.12. The zero-order valence-electron chi connectivity index (χ0n) is 17.1. The fraction of sp³-hybridized carbons (Fsp3) is 0.700. The van der Waals surface area contributed by atoms with Crippen molar-refractivity contribution in [3.05, 3.63) is 17.8 Å². The van der Waals surface area contributed by atoms with Gasteiger partial charge in [-0.15, -0.1) is 0 Å². The van der Waals surface area contributed by atoms with Gasteiger partial charge in [0, 0.05) is 32.7 Å². The lowest BCUT2D eigenvalue weighted by atomic mass is 9.99. The van der Waals surface area contributed by atoms with Crippen LogP contribution in [0.5, 0.6) is 0 Å².